The summed E-state index contributed by atoms with van der Waals surface area (Å²) in [5, 5.41) is 0. The fraction of sp³-hybridized carbons (Fsp3) is 1.00. The molecule has 8 heavy (non-hydrogen) atoms. The zero-order valence-corrected chi connectivity index (χ0v) is 6.75. The van der Waals surface area contributed by atoms with Gasteiger partial charge >= 0.3 is 0 Å². The molecular weight excluding hydrogens is 147 g/mol. The second-order valence-electron chi connectivity index (χ2n) is 2.11. The van der Waals surface area contributed by atoms with Crippen LogP contribution in [0.1, 0.15) is 13.8 Å². The Morgan fingerprint density at radius 1 is 1.38 bits per heavy atom. The van der Waals surface area contributed by atoms with Gasteiger partial charge in [-0.2, -0.15) is 0 Å². The van der Waals surface area contributed by atoms with Crippen LogP contribution in [-0.4, -0.2) is 17.5 Å². The van der Waals surface area contributed by atoms with Gasteiger partial charge in [-0.05, 0) is 13.8 Å². The largest absolute Gasteiger partial charge is 0.376 e. The molecule has 1 nitrogen and oxygen atoms in total. The van der Waals surface area contributed by atoms with Gasteiger partial charge in [-0.25, -0.2) is 0 Å². The molecule has 50 valence electrons. The van der Waals surface area contributed by atoms with Gasteiger partial charge in [0.05, 0.1) is 5.60 Å². The molecule has 0 atom stereocenters. The minimum Gasteiger partial charge on any atom is -0.376 e. The molecule has 0 radical (unpaired) electrons. The fourth-order valence-corrected chi connectivity index (χ4v) is 0.267. The molecule has 0 unspecified atom stereocenters. The summed E-state index contributed by atoms with van der Waals surface area (Å²) >= 11 is 11.0. The van der Waals surface area contributed by atoms with Gasteiger partial charge in [0.2, 0.25) is 0 Å². The number of hydrogen-bond acceptors (Lipinski definition) is 1. The molecule has 0 heterocycles. The number of hydrogen-bond donors (Lipinski definition) is 0. The predicted octanol–water partition coefficient (Wildman–Crippen LogP) is 2.22. The monoisotopic (exact) mass is 156 g/mol. The van der Waals surface area contributed by atoms with Crippen LogP contribution in [0.5, 0.6) is 0 Å². The molecule has 0 N–H and O–H groups in total. The van der Waals surface area contributed by atoms with Gasteiger partial charge in [-0.1, -0.05) is 0 Å². The Morgan fingerprint density at radius 2 is 1.75 bits per heavy atom. The average molecular weight is 157 g/mol. The van der Waals surface area contributed by atoms with Crippen molar-refractivity contribution in [3.8, 4) is 0 Å². The van der Waals surface area contributed by atoms with E-state index in [1.165, 1.54) is 0 Å². The van der Waals surface area contributed by atoms with Crippen LogP contribution < -0.4 is 0 Å². The lowest BCUT2D eigenvalue weighted by atomic mass is 10.2. The van der Waals surface area contributed by atoms with Crippen LogP contribution in [0.3, 0.4) is 0 Å². The summed E-state index contributed by atoms with van der Waals surface area (Å²) in [5.41, 5.74) is -0.427. The Kier molecular flexibility index (Phi) is 3.10. The molecule has 0 aliphatic carbocycles. The van der Waals surface area contributed by atoms with E-state index in [1.54, 1.807) is 7.11 Å². The first-order chi connectivity index (χ1) is 3.50. The number of ether oxygens (including phenoxy) is 1. The summed E-state index contributed by atoms with van der Waals surface area (Å²) in [6.45, 7) is 3.66. The molecule has 0 fully saturated rings. The van der Waals surface area contributed by atoms with Crippen molar-refractivity contribution in [3.63, 3.8) is 0 Å². The number of methoxy groups -OCH3 is 1. The zero-order valence-electron chi connectivity index (χ0n) is 5.24. The van der Waals surface area contributed by atoms with E-state index in [1.807, 2.05) is 13.8 Å². The van der Waals surface area contributed by atoms with Gasteiger partial charge in [0, 0.05) is 7.11 Å². The van der Waals surface area contributed by atoms with Crippen molar-refractivity contribution in [3.05, 3.63) is 0 Å². The van der Waals surface area contributed by atoms with E-state index in [-0.39, 0.29) is 0 Å². The van der Waals surface area contributed by atoms with Crippen molar-refractivity contribution in [2.45, 2.75) is 24.3 Å². The fourth-order valence-electron chi connectivity index (χ4n) is 0.0891. The third-order valence-electron chi connectivity index (χ3n) is 1.05. The maximum Gasteiger partial charge on any atom is 0.136 e. The van der Waals surface area contributed by atoms with Crippen molar-refractivity contribution in [2.24, 2.45) is 0 Å². The van der Waals surface area contributed by atoms with Crippen LogP contribution in [-0.2, 0) is 4.74 Å². The SMILES string of the molecule is COC(C)(C)C(Cl)Cl. The van der Waals surface area contributed by atoms with Gasteiger partial charge in [-0.15, -0.1) is 23.2 Å². The van der Waals surface area contributed by atoms with Gasteiger partial charge in [0.15, 0.2) is 0 Å². The van der Waals surface area contributed by atoms with Crippen molar-refractivity contribution in [1.82, 2.24) is 0 Å². The Bertz CT molecular complexity index is 70.8. The predicted molar refractivity (Wildman–Crippen MR) is 36.6 cm³/mol. The molecule has 0 rings (SSSR count). The number of alkyl halides is 2. The third kappa shape index (κ3) is 2.21. The standard InChI is InChI=1S/C5H10Cl2O/c1-5(2,8-3)4(6)7/h4H,1-3H3. The van der Waals surface area contributed by atoms with E-state index >= 15 is 0 Å². The molecule has 0 aromatic rings. The normalized spacial score (nSPS) is 12.8. The van der Waals surface area contributed by atoms with Crippen LogP contribution >= 0.6 is 23.2 Å². The molecule has 0 aromatic heterocycles. The van der Waals surface area contributed by atoms with E-state index in [9.17, 15) is 0 Å². The van der Waals surface area contributed by atoms with Crippen molar-refractivity contribution < 1.29 is 4.74 Å². The van der Waals surface area contributed by atoms with Crippen molar-refractivity contribution in [2.75, 3.05) is 7.11 Å². The lowest BCUT2D eigenvalue weighted by Gasteiger charge is -2.23. The van der Waals surface area contributed by atoms with Crippen molar-refractivity contribution >= 4 is 23.2 Å². The molecule has 0 saturated carbocycles. The van der Waals surface area contributed by atoms with Gasteiger partial charge in [-0.3, -0.25) is 0 Å². The van der Waals surface area contributed by atoms with E-state index in [2.05, 4.69) is 0 Å². The van der Waals surface area contributed by atoms with E-state index < -0.39 is 10.4 Å². The molecule has 0 saturated heterocycles. The highest BCUT2D eigenvalue weighted by Gasteiger charge is 2.24. The average Bonchev–Trinajstić information content (AvgIpc) is 1.67. The summed E-state index contributed by atoms with van der Waals surface area (Å²) in [6, 6.07) is 0. The first-order valence-corrected chi connectivity index (χ1v) is 3.21. The topological polar surface area (TPSA) is 9.23 Å². The zero-order chi connectivity index (χ0) is 6.78. The third-order valence-corrected chi connectivity index (χ3v) is 2.10. The van der Waals surface area contributed by atoms with E-state index in [0.717, 1.165) is 0 Å². The number of halogens is 2. The van der Waals surface area contributed by atoms with Crippen LogP contribution in [0, 0.1) is 0 Å². The Labute approximate surface area is 59.9 Å². The van der Waals surface area contributed by atoms with E-state index in [4.69, 9.17) is 27.9 Å². The summed E-state index contributed by atoms with van der Waals surface area (Å²) in [4.78, 5) is -0.465. The van der Waals surface area contributed by atoms with Crippen molar-refractivity contribution in [1.29, 1.82) is 0 Å². The quantitative estimate of drug-likeness (QED) is 0.558. The number of rotatable bonds is 2. The van der Waals surface area contributed by atoms with Crippen LogP contribution in [0.15, 0.2) is 0 Å². The molecule has 0 aliphatic rings. The molecule has 0 amide bonds. The van der Waals surface area contributed by atoms with E-state index in [0.29, 0.717) is 0 Å². The first kappa shape index (κ1) is 8.54. The maximum atomic E-state index is 5.51. The second-order valence-corrected chi connectivity index (χ2v) is 3.20. The summed E-state index contributed by atoms with van der Waals surface area (Å²) in [7, 11) is 1.58. The van der Waals surface area contributed by atoms with Gasteiger partial charge in [0.25, 0.3) is 0 Å². The summed E-state index contributed by atoms with van der Waals surface area (Å²) < 4.78 is 4.94. The Morgan fingerprint density at radius 3 is 1.75 bits per heavy atom. The lowest BCUT2D eigenvalue weighted by Crippen LogP contribution is -2.30. The van der Waals surface area contributed by atoms with Crippen LogP contribution in [0.2, 0.25) is 0 Å². The highest BCUT2D eigenvalue weighted by molar-refractivity contribution is 6.45. The van der Waals surface area contributed by atoms with Crippen LogP contribution in [0.25, 0.3) is 0 Å². The minimum absolute atomic E-state index is 0.427. The van der Waals surface area contributed by atoms with Crippen LogP contribution in [0.4, 0.5) is 0 Å². The Hall–Kier alpha value is 0.540. The first-order valence-electron chi connectivity index (χ1n) is 2.34. The minimum atomic E-state index is -0.465. The Balaban J connectivity index is 3.71. The second kappa shape index (κ2) is 2.90. The highest BCUT2D eigenvalue weighted by Crippen LogP contribution is 2.21. The molecular formula is C5H10Cl2O. The molecule has 0 bridgehead atoms. The molecule has 0 spiro atoms. The highest BCUT2D eigenvalue weighted by atomic mass is 35.5. The summed E-state index contributed by atoms with van der Waals surface area (Å²) in [5.74, 6) is 0. The molecule has 0 aliphatic heterocycles. The molecule has 0 aromatic carbocycles. The lowest BCUT2D eigenvalue weighted by molar-refractivity contribution is 0.0346. The van der Waals surface area contributed by atoms with Gasteiger partial charge in [0.1, 0.15) is 4.84 Å². The maximum absolute atomic E-state index is 5.51. The molecule has 3 heteroatoms. The summed E-state index contributed by atoms with van der Waals surface area (Å²) in [6.07, 6.45) is 0. The smallest absolute Gasteiger partial charge is 0.136 e. The van der Waals surface area contributed by atoms with Gasteiger partial charge < -0.3 is 4.74 Å².